The van der Waals surface area contributed by atoms with Crippen molar-refractivity contribution < 1.29 is 29.4 Å². The van der Waals surface area contributed by atoms with Crippen molar-refractivity contribution in [1.82, 2.24) is 0 Å². The van der Waals surface area contributed by atoms with E-state index in [9.17, 15) is 4.79 Å². The predicted octanol–water partition coefficient (Wildman–Crippen LogP) is 6.19. The standard InChI is InChI=1S/C18H36O2.Zn/c1-17(2)15-13-11-9-7-5-3-4-6-8-10-12-14-16-18(19)20;/h17H,3-16H2,1-2H3,(H,19,20);. The van der Waals surface area contributed by atoms with Crippen LogP contribution in [0.4, 0.5) is 0 Å². The molecule has 0 aliphatic heterocycles. The average Bonchev–Trinajstić information content (AvgIpc) is 2.38. The monoisotopic (exact) mass is 348 g/mol. The molecule has 0 rings (SSSR count). The minimum absolute atomic E-state index is 0. The molecule has 0 bridgehead atoms. The van der Waals surface area contributed by atoms with Crippen LogP contribution in [0.25, 0.3) is 0 Å². The molecule has 0 aliphatic carbocycles. The number of carboxylic acids is 1. The van der Waals surface area contributed by atoms with E-state index >= 15 is 0 Å². The topological polar surface area (TPSA) is 37.3 Å². The van der Waals surface area contributed by atoms with Gasteiger partial charge in [-0.15, -0.1) is 0 Å². The first-order chi connectivity index (χ1) is 9.63. The number of rotatable bonds is 15. The maximum atomic E-state index is 10.3. The molecule has 21 heavy (non-hydrogen) atoms. The van der Waals surface area contributed by atoms with E-state index in [1.807, 2.05) is 0 Å². The van der Waals surface area contributed by atoms with Crippen LogP contribution < -0.4 is 0 Å². The summed E-state index contributed by atoms with van der Waals surface area (Å²) in [6.45, 7) is 4.61. The zero-order chi connectivity index (χ0) is 15.1. The maximum Gasteiger partial charge on any atom is 0.303 e. The van der Waals surface area contributed by atoms with Crippen LogP contribution >= 0.6 is 0 Å². The smallest absolute Gasteiger partial charge is 0.303 e. The second-order valence-corrected chi connectivity index (χ2v) is 6.57. The predicted molar refractivity (Wildman–Crippen MR) is 87.1 cm³/mol. The van der Waals surface area contributed by atoms with Crippen molar-refractivity contribution in [3.63, 3.8) is 0 Å². The zero-order valence-corrected chi connectivity index (χ0v) is 17.5. The van der Waals surface area contributed by atoms with E-state index in [0.717, 1.165) is 18.8 Å². The van der Waals surface area contributed by atoms with Crippen molar-refractivity contribution in [2.45, 2.75) is 104 Å². The second-order valence-electron chi connectivity index (χ2n) is 6.57. The first-order valence-corrected chi connectivity index (χ1v) is 8.84. The summed E-state index contributed by atoms with van der Waals surface area (Å²) in [5, 5.41) is 8.52. The average molecular weight is 350 g/mol. The van der Waals surface area contributed by atoms with Crippen molar-refractivity contribution in [2.75, 3.05) is 0 Å². The van der Waals surface area contributed by atoms with E-state index in [2.05, 4.69) is 13.8 Å². The van der Waals surface area contributed by atoms with Gasteiger partial charge in [-0.2, -0.15) is 0 Å². The Bertz CT molecular complexity index is 217. The molecule has 0 fully saturated rings. The van der Waals surface area contributed by atoms with Gasteiger partial charge in [0.15, 0.2) is 0 Å². The molecule has 0 aromatic rings. The fourth-order valence-corrected chi connectivity index (χ4v) is 2.60. The Morgan fingerprint density at radius 2 is 1.05 bits per heavy atom. The van der Waals surface area contributed by atoms with Crippen LogP contribution in [-0.4, -0.2) is 11.1 Å². The van der Waals surface area contributed by atoms with Gasteiger partial charge in [-0.05, 0) is 12.3 Å². The Hall–Kier alpha value is 0.0934. The molecule has 0 radical (unpaired) electrons. The van der Waals surface area contributed by atoms with E-state index < -0.39 is 5.97 Å². The van der Waals surface area contributed by atoms with Crippen LogP contribution in [0.2, 0.25) is 0 Å². The molecule has 0 aliphatic rings. The van der Waals surface area contributed by atoms with Gasteiger partial charge in [0, 0.05) is 25.9 Å². The fourth-order valence-electron chi connectivity index (χ4n) is 2.60. The Morgan fingerprint density at radius 3 is 1.38 bits per heavy atom. The number of hydrogen-bond donors (Lipinski definition) is 1. The number of carboxylic acid groups (broad SMARTS) is 1. The van der Waals surface area contributed by atoms with E-state index in [-0.39, 0.29) is 19.5 Å². The maximum absolute atomic E-state index is 10.3. The molecule has 0 unspecified atom stereocenters. The molecular formula is C18H36O2Zn. The van der Waals surface area contributed by atoms with Gasteiger partial charge in [0.05, 0.1) is 0 Å². The van der Waals surface area contributed by atoms with Gasteiger partial charge in [0.25, 0.3) is 0 Å². The molecule has 3 heteroatoms. The molecule has 0 amide bonds. The van der Waals surface area contributed by atoms with E-state index in [4.69, 9.17) is 5.11 Å². The molecule has 2 nitrogen and oxygen atoms in total. The summed E-state index contributed by atoms with van der Waals surface area (Å²) in [5.74, 6) is 0.212. The van der Waals surface area contributed by atoms with Gasteiger partial charge in [-0.1, -0.05) is 90.9 Å². The molecule has 122 valence electrons. The third kappa shape index (κ3) is 22.5. The summed E-state index contributed by atoms with van der Waals surface area (Å²) >= 11 is 0. The van der Waals surface area contributed by atoms with Crippen LogP contribution in [0.3, 0.4) is 0 Å². The molecule has 0 aromatic carbocycles. The van der Waals surface area contributed by atoms with Gasteiger partial charge in [0.2, 0.25) is 0 Å². The Labute approximate surface area is 145 Å². The van der Waals surface area contributed by atoms with Crippen molar-refractivity contribution in [3.8, 4) is 0 Å². The van der Waals surface area contributed by atoms with Crippen molar-refractivity contribution >= 4 is 5.97 Å². The first kappa shape index (κ1) is 23.4. The second kappa shape index (κ2) is 18.1. The molecule has 0 aromatic heterocycles. The molecule has 0 heterocycles. The molecule has 0 saturated heterocycles. The van der Waals surface area contributed by atoms with Crippen molar-refractivity contribution in [2.24, 2.45) is 5.92 Å². The Balaban J connectivity index is 0. The number of hydrogen-bond acceptors (Lipinski definition) is 1. The summed E-state index contributed by atoms with van der Waals surface area (Å²) < 4.78 is 0. The minimum atomic E-state index is -0.654. The summed E-state index contributed by atoms with van der Waals surface area (Å²) in [4.78, 5) is 10.3. The van der Waals surface area contributed by atoms with Gasteiger partial charge in [-0.3, -0.25) is 4.79 Å². The first-order valence-electron chi connectivity index (χ1n) is 8.84. The number of unbranched alkanes of at least 4 members (excludes halogenated alkanes) is 11. The normalized spacial score (nSPS) is 10.6. The molecular weight excluding hydrogens is 314 g/mol. The molecule has 0 saturated carbocycles. The van der Waals surface area contributed by atoms with Gasteiger partial charge < -0.3 is 5.11 Å². The van der Waals surface area contributed by atoms with Crippen LogP contribution in [0, 0.1) is 5.92 Å². The number of carbonyl (C=O) groups is 1. The van der Waals surface area contributed by atoms with Crippen LogP contribution in [0.1, 0.15) is 104 Å². The summed E-state index contributed by atoms with van der Waals surface area (Å²) in [7, 11) is 0. The molecule has 1 N–H and O–H groups in total. The Kier molecular flexibility index (Phi) is 20.2. The van der Waals surface area contributed by atoms with Crippen LogP contribution in [0.5, 0.6) is 0 Å². The van der Waals surface area contributed by atoms with Crippen LogP contribution in [0.15, 0.2) is 0 Å². The quantitative estimate of drug-likeness (QED) is 0.283. The molecule has 0 atom stereocenters. The summed E-state index contributed by atoms with van der Waals surface area (Å²) in [6, 6.07) is 0. The van der Waals surface area contributed by atoms with E-state index in [1.165, 1.54) is 70.6 Å². The largest absolute Gasteiger partial charge is 0.481 e. The zero-order valence-electron chi connectivity index (χ0n) is 14.5. The Morgan fingerprint density at radius 1 is 0.714 bits per heavy atom. The SMILES string of the molecule is CC(C)CCCCCCCCCCCCCCC(=O)O.[Zn]. The fraction of sp³-hybridized carbons (Fsp3) is 0.944. The summed E-state index contributed by atoms with van der Waals surface area (Å²) in [6.07, 6.45) is 17.3. The minimum Gasteiger partial charge on any atom is -0.481 e. The third-order valence-electron chi connectivity index (χ3n) is 3.92. The summed E-state index contributed by atoms with van der Waals surface area (Å²) in [5.41, 5.74) is 0. The van der Waals surface area contributed by atoms with E-state index in [0.29, 0.717) is 6.42 Å². The van der Waals surface area contributed by atoms with Crippen molar-refractivity contribution in [3.05, 3.63) is 0 Å². The van der Waals surface area contributed by atoms with Crippen LogP contribution in [-0.2, 0) is 24.3 Å². The third-order valence-corrected chi connectivity index (χ3v) is 3.92. The number of aliphatic carboxylic acids is 1. The van der Waals surface area contributed by atoms with Gasteiger partial charge in [0.1, 0.15) is 0 Å². The van der Waals surface area contributed by atoms with Gasteiger partial charge in [-0.25, -0.2) is 0 Å². The molecule has 0 spiro atoms. The van der Waals surface area contributed by atoms with Crippen molar-refractivity contribution in [1.29, 1.82) is 0 Å². The van der Waals surface area contributed by atoms with Gasteiger partial charge >= 0.3 is 5.97 Å². The van der Waals surface area contributed by atoms with E-state index in [1.54, 1.807) is 0 Å².